The lowest BCUT2D eigenvalue weighted by atomic mass is 10.1. The predicted octanol–water partition coefficient (Wildman–Crippen LogP) is 2.00. The molecule has 0 aromatic heterocycles. The number of nitro groups is 1. The van der Waals surface area contributed by atoms with Gasteiger partial charge >= 0.3 is 11.7 Å². The summed E-state index contributed by atoms with van der Waals surface area (Å²) in [5.41, 5.74) is 0.0396. The van der Waals surface area contributed by atoms with Crippen molar-refractivity contribution in [2.75, 3.05) is 18.1 Å². The Labute approximate surface area is 121 Å². The number of esters is 1. The van der Waals surface area contributed by atoms with E-state index < -0.39 is 10.9 Å². The molecule has 0 unspecified atom stereocenters. The number of carbonyl (C=O) groups is 1. The smallest absolute Gasteiger partial charge is 0.325 e. The highest BCUT2D eigenvalue weighted by Gasteiger charge is 2.35. The first kappa shape index (κ1) is 14.8. The van der Waals surface area contributed by atoms with E-state index in [1.165, 1.54) is 6.07 Å². The molecule has 110 valence electrons. The van der Waals surface area contributed by atoms with E-state index in [4.69, 9.17) is 10.00 Å². The number of hydrogen-bond donors (Lipinski definition) is 0. The second-order valence-electron chi connectivity index (χ2n) is 4.71. The molecule has 0 heterocycles. The van der Waals surface area contributed by atoms with Gasteiger partial charge in [-0.25, -0.2) is 0 Å². The Morgan fingerprint density at radius 1 is 1.57 bits per heavy atom. The van der Waals surface area contributed by atoms with E-state index in [2.05, 4.69) is 0 Å². The maximum atomic E-state index is 11.7. The van der Waals surface area contributed by atoms with E-state index in [-0.39, 0.29) is 30.4 Å². The Kier molecular flexibility index (Phi) is 4.38. The molecule has 1 fully saturated rings. The van der Waals surface area contributed by atoms with E-state index >= 15 is 0 Å². The minimum Gasteiger partial charge on any atom is -0.465 e. The van der Waals surface area contributed by atoms with Gasteiger partial charge in [0.1, 0.15) is 23.9 Å². The van der Waals surface area contributed by atoms with Crippen molar-refractivity contribution < 1.29 is 14.5 Å². The fourth-order valence-corrected chi connectivity index (χ4v) is 2.19. The number of nitro benzene ring substituents is 1. The first-order valence-corrected chi connectivity index (χ1v) is 6.68. The van der Waals surface area contributed by atoms with Crippen molar-refractivity contribution in [2.45, 2.75) is 25.8 Å². The third kappa shape index (κ3) is 3.28. The van der Waals surface area contributed by atoms with Crippen LogP contribution in [0.2, 0.25) is 0 Å². The molecule has 7 nitrogen and oxygen atoms in total. The van der Waals surface area contributed by atoms with Crippen molar-refractivity contribution in [3.05, 3.63) is 33.9 Å². The van der Waals surface area contributed by atoms with Gasteiger partial charge in [-0.3, -0.25) is 14.9 Å². The van der Waals surface area contributed by atoms with Crippen molar-refractivity contribution >= 4 is 17.3 Å². The lowest BCUT2D eigenvalue weighted by molar-refractivity contribution is -0.384. The van der Waals surface area contributed by atoms with E-state index in [0.717, 1.165) is 12.8 Å². The van der Waals surface area contributed by atoms with Crippen LogP contribution >= 0.6 is 0 Å². The normalized spacial score (nSPS) is 13.3. The summed E-state index contributed by atoms with van der Waals surface area (Å²) >= 11 is 0. The molecular formula is C14H15N3O4. The van der Waals surface area contributed by atoms with Crippen molar-refractivity contribution in [3.8, 4) is 6.07 Å². The SMILES string of the molecule is CCOC(=O)CN(c1cccc(C#N)c1[N+](=O)[O-])C1CC1. The van der Waals surface area contributed by atoms with Crippen LogP contribution in [0.1, 0.15) is 25.3 Å². The molecule has 1 aromatic carbocycles. The standard InChI is InChI=1S/C14H15N3O4/c1-2-21-13(18)9-16(11-6-7-11)12-5-3-4-10(8-15)14(12)17(19)20/h3-5,11H,2,6-7,9H2,1H3. The number of anilines is 1. The van der Waals surface area contributed by atoms with E-state index in [9.17, 15) is 14.9 Å². The number of benzene rings is 1. The van der Waals surface area contributed by atoms with Gasteiger partial charge in [0, 0.05) is 6.04 Å². The molecule has 1 saturated carbocycles. The largest absolute Gasteiger partial charge is 0.465 e. The fourth-order valence-electron chi connectivity index (χ4n) is 2.19. The molecule has 21 heavy (non-hydrogen) atoms. The number of carbonyl (C=O) groups excluding carboxylic acids is 1. The number of nitriles is 1. The minimum absolute atomic E-state index is 0.00740. The summed E-state index contributed by atoms with van der Waals surface area (Å²) in [6.45, 7) is 1.92. The van der Waals surface area contributed by atoms with Crippen LogP contribution < -0.4 is 4.90 Å². The van der Waals surface area contributed by atoms with Gasteiger partial charge in [0.05, 0.1) is 11.5 Å². The molecule has 0 spiro atoms. The Morgan fingerprint density at radius 3 is 2.81 bits per heavy atom. The number of nitrogens with zero attached hydrogens (tertiary/aromatic N) is 3. The summed E-state index contributed by atoms with van der Waals surface area (Å²) < 4.78 is 4.91. The summed E-state index contributed by atoms with van der Waals surface area (Å²) in [5.74, 6) is -0.430. The molecule has 0 radical (unpaired) electrons. The predicted molar refractivity (Wildman–Crippen MR) is 74.8 cm³/mol. The first-order valence-electron chi connectivity index (χ1n) is 6.68. The highest BCUT2D eigenvalue weighted by atomic mass is 16.6. The van der Waals surface area contributed by atoms with Gasteiger partial charge in [-0.05, 0) is 31.9 Å². The van der Waals surface area contributed by atoms with Gasteiger partial charge in [-0.1, -0.05) is 6.07 Å². The Bertz CT molecular complexity index is 605. The highest BCUT2D eigenvalue weighted by Crippen LogP contribution is 2.38. The second kappa shape index (κ2) is 6.22. The molecule has 1 aliphatic carbocycles. The van der Waals surface area contributed by atoms with Crippen molar-refractivity contribution in [1.82, 2.24) is 0 Å². The molecule has 0 atom stereocenters. The van der Waals surface area contributed by atoms with E-state index in [0.29, 0.717) is 5.69 Å². The number of hydrogen-bond acceptors (Lipinski definition) is 6. The molecule has 0 amide bonds. The molecule has 1 aromatic rings. The van der Waals surface area contributed by atoms with Crippen LogP contribution in [0.4, 0.5) is 11.4 Å². The van der Waals surface area contributed by atoms with Gasteiger partial charge in [-0.2, -0.15) is 5.26 Å². The maximum absolute atomic E-state index is 11.7. The molecule has 2 rings (SSSR count). The monoisotopic (exact) mass is 289 g/mol. The summed E-state index contributed by atoms with van der Waals surface area (Å²) in [6.07, 6.45) is 1.74. The lowest BCUT2D eigenvalue weighted by Crippen LogP contribution is -2.33. The second-order valence-corrected chi connectivity index (χ2v) is 4.71. The average molecular weight is 289 g/mol. The van der Waals surface area contributed by atoms with Crippen LogP contribution in [0, 0.1) is 21.4 Å². The third-order valence-electron chi connectivity index (χ3n) is 3.22. The summed E-state index contributed by atoms with van der Waals surface area (Å²) in [4.78, 5) is 24.1. The van der Waals surface area contributed by atoms with E-state index in [1.54, 1.807) is 24.0 Å². The molecule has 0 saturated heterocycles. The zero-order valence-electron chi connectivity index (χ0n) is 11.6. The number of ether oxygens (including phenoxy) is 1. The Balaban J connectivity index is 2.39. The van der Waals surface area contributed by atoms with Crippen molar-refractivity contribution in [1.29, 1.82) is 5.26 Å². The third-order valence-corrected chi connectivity index (χ3v) is 3.22. The number of rotatable bonds is 6. The van der Waals surface area contributed by atoms with Crippen LogP contribution in [0.5, 0.6) is 0 Å². The van der Waals surface area contributed by atoms with Crippen LogP contribution in [0.3, 0.4) is 0 Å². The summed E-state index contributed by atoms with van der Waals surface area (Å²) in [6, 6.07) is 6.46. The molecule has 0 N–H and O–H groups in total. The van der Waals surface area contributed by atoms with Gasteiger partial charge in [-0.15, -0.1) is 0 Å². The zero-order valence-corrected chi connectivity index (χ0v) is 11.6. The molecule has 1 aliphatic rings. The Hall–Kier alpha value is -2.62. The molecule has 0 bridgehead atoms. The average Bonchev–Trinajstić information content (AvgIpc) is 3.28. The number of para-hydroxylation sites is 1. The van der Waals surface area contributed by atoms with Gasteiger partial charge in [0.2, 0.25) is 0 Å². The van der Waals surface area contributed by atoms with Crippen molar-refractivity contribution in [2.24, 2.45) is 0 Å². The zero-order chi connectivity index (χ0) is 15.4. The fraction of sp³-hybridized carbons (Fsp3) is 0.429. The van der Waals surface area contributed by atoms with Crippen LogP contribution in [-0.4, -0.2) is 30.1 Å². The quantitative estimate of drug-likeness (QED) is 0.451. The van der Waals surface area contributed by atoms with Gasteiger partial charge in [0.25, 0.3) is 0 Å². The highest BCUT2D eigenvalue weighted by molar-refractivity contribution is 5.79. The lowest BCUT2D eigenvalue weighted by Gasteiger charge is -2.23. The topological polar surface area (TPSA) is 96.5 Å². The maximum Gasteiger partial charge on any atom is 0.325 e. The van der Waals surface area contributed by atoms with Gasteiger partial charge < -0.3 is 9.64 Å². The van der Waals surface area contributed by atoms with Crippen LogP contribution in [-0.2, 0) is 9.53 Å². The summed E-state index contributed by atoms with van der Waals surface area (Å²) in [7, 11) is 0. The van der Waals surface area contributed by atoms with E-state index in [1.807, 2.05) is 6.07 Å². The van der Waals surface area contributed by atoms with Crippen LogP contribution in [0.15, 0.2) is 18.2 Å². The van der Waals surface area contributed by atoms with Crippen molar-refractivity contribution in [3.63, 3.8) is 0 Å². The molecule has 0 aliphatic heterocycles. The van der Waals surface area contributed by atoms with Crippen LogP contribution in [0.25, 0.3) is 0 Å². The van der Waals surface area contributed by atoms with Gasteiger partial charge in [0.15, 0.2) is 0 Å². The molecular weight excluding hydrogens is 274 g/mol. The summed E-state index contributed by atoms with van der Waals surface area (Å²) in [5, 5.41) is 20.3. The minimum atomic E-state index is -0.575. The molecule has 7 heteroatoms. The Morgan fingerprint density at radius 2 is 2.29 bits per heavy atom. The first-order chi connectivity index (χ1) is 10.1.